The van der Waals surface area contributed by atoms with Crippen LogP contribution in [0.2, 0.25) is 0 Å². The monoisotopic (exact) mass is 523 g/mol. The highest BCUT2D eigenvalue weighted by atomic mass is 32.2. The van der Waals surface area contributed by atoms with Crippen LogP contribution in [0.5, 0.6) is 0 Å². The van der Waals surface area contributed by atoms with Gasteiger partial charge in [-0.2, -0.15) is 0 Å². The molecule has 1 aliphatic rings. The Bertz CT molecular complexity index is 1050. The Labute approximate surface area is 225 Å². The fourth-order valence-electron chi connectivity index (χ4n) is 3.17. The van der Waals surface area contributed by atoms with Crippen molar-refractivity contribution in [1.82, 2.24) is 10.6 Å². The highest BCUT2D eigenvalue weighted by Crippen LogP contribution is 2.31. The Morgan fingerprint density at radius 1 is 1.08 bits per heavy atom. The van der Waals surface area contributed by atoms with Gasteiger partial charge in [0, 0.05) is 38.4 Å². The van der Waals surface area contributed by atoms with Crippen molar-refractivity contribution >= 4 is 34.4 Å². The van der Waals surface area contributed by atoms with E-state index in [0.717, 1.165) is 24.2 Å². The van der Waals surface area contributed by atoms with Gasteiger partial charge in [0.15, 0.2) is 0 Å². The second-order valence-corrected chi connectivity index (χ2v) is 10.3. The molecule has 1 amide bonds. The molecule has 0 heterocycles. The maximum atomic E-state index is 12.6. The summed E-state index contributed by atoms with van der Waals surface area (Å²) in [6.07, 6.45) is 17.6. The predicted octanol–water partition coefficient (Wildman–Crippen LogP) is 4.77. The van der Waals surface area contributed by atoms with Crippen LogP contribution >= 0.6 is 0 Å². The van der Waals surface area contributed by atoms with E-state index in [4.69, 9.17) is 0 Å². The zero-order valence-corrected chi connectivity index (χ0v) is 23.4. The third kappa shape index (κ3) is 14.2. The summed E-state index contributed by atoms with van der Waals surface area (Å²) in [6, 6.07) is 15.9. The lowest BCUT2D eigenvalue weighted by Gasteiger charge is -2.17. The van der Waals surface area contributed by atoms with Gasteiger partial charge >= 0.3 is 0 Å². The molecule has 1 unspecified atom stereocenters. The number of terminal acetylenes is 1. The summed E-state index contributed by atoms with van der Waals surface area (Å²) >= 11 is 0. The molecule has 3 rings (SSSR count). The Morgan fingerprint density at radius 3 is 2.30 bits per heavy atom. The van der Waals surface area contributed by atoms with Gasteiger partial charge in [-0.1, -0.05) is 48.0 Å². The molecule has 1 fully saturated rings. The molecule has 2 N–H and O–H groups in total. The van der Waals surface area contributed by atoms with Gasteiger partial charge in [-0.05, 0) is 69.3 Å². The van der Waals surface area contributed by atoms with Crippen LogP contribution in [0.15, 0.2) is 54.6 Å². The molecule has 7 heteroatoms. The molecule has 0 radical (unpaired) electrons. The summed E-state index contributed by atoms with van der Waals surface area (Å²) in [5, 5.41) is 6.12. The molecule has 0 bridgehead atoms. The van der Waals surface area contributed by atoms with Crippen molar-refractivity contribution in [3.63, 3.8) is 0 Å². The zero-order chi connectivity index (χ0) is 27.6. The smallest absolute Gasteiger partial charge is 0.251 e. The van der Waals surface area contributed by atoms with Gasteiger partial charge in [-0.25, -0.2) is 4.21 Å². The van der Waals surface area contributed by atoms with Crippen LogP contribution in [-0.2, 0) is 15.8 Å². The first-order valence-corrected chi connectivity index (χ1v) is 14.0. The Morgan fingerprint density at radius 2 is 1.76 bits per heavy atom. The maximum absolute atomic E-state index is 12.6. The van der Waals surface area contributed by atoms with Gasteiger partial charge in [-0.3, -0.25) is 13.9 Å². The number of rotatable bonds is 12. The number of hydrogen-bond donors (Lipinski definition) is 2. The summed E-state index contributed by atoms with van der Waals surface area (Å²) in [5.74, 6) is 0.682. The SMILES string of the molecule is C#C.CC(=O)CCNCCCNC(=O)c1cc(/C=C\C2CC2)cc(N(C)S(C)=O)c1.Cc1ccccc1. The van der Waals surface area contributed by atoms with Gasteiger partial charge in [0.1, 0.15) is 16.8 Å². The standard InChI is InChI=1S/C21H31N3O3S.C7H8.C2H2/c1-16(25)9-12-22-10-4-11-23-21(26)19-13-18(8-7-17-5-6-17)14-20(15-19)24(2)28(3)27;1-7-5-3-2-4-6-7;1-2/h7-8,13-15,17,22H,4-6,9-12H2,1-3H3,(H,23,26);2-6H,1H3;1-2H/b8-7-;;. The third-order valence-electron chi connectivity index (χ3n) is 5.54. The molecular weight excluding hydrogens is 482 g/mol. The first-order valence-electron chi connectivity index (χ1n) is 12.5. The van der Waals surface area contributed by atoms with Gasteiger partial charge in [-0.15, -0.1) is 12.8 Å². The minimum Gasteiger partial charge on any atom is -0.352 e. The third-order valence-corrected chi connectivity index (χ3v) is 6.53. The summed E-state index contributed by atoms with van der Waals surface area (Å²) in [6.45, 7) is 5.64. The maximum Gasteiger partial charge on any atom is 0.251 e. The van der Waals surface area contributed by atoms with Crippen LogP contribution in [0.25, 0.3) is 6.08 Å². The average Bonchev–Trinajstić information content (AvgIpc) is 3.72. The van der Waals surface area contributed by atoms with Crippen molar-refractivity contribution in [1.29, 1.82) is 0 Å². The minimum atomic E-state index is -1.16. The van der Waals surface area contributed by atoms with E-state index in [1.165, 1.54) is 18.4 Å². The van der Waals surface area contributed by atoms with Crippen LogP contribution in [0, 0.1) is 25.7 Å². The highest BCUT2D eigenvalue weighted by Gasteiger charge is 2.17. The lowest BCUT2D eigenvalue weighted by molar-refractivity contribution is -0.116. The predicted molar refractivity (Wildman–Crippen MR) is 157 cm³/mol. The number of nitrogens with zero attached hydrogens (tertiary/aromatic N) is 1. The van der Waals surface area contributed by atoms with Gasteiger partial charge in [0.25, 0.3) is 5.91 Å². The number of benzene rings is 2. The van der Waals surface area contributed by atoms with E-state index in [0.29, 0.717) is 31.0 Å². The number of hydrogen-bond acceptors (Lipinski definition) is 4. The molecule has 1 aliphatic carbocycles. The van der Waals surface area contributed by atoms with Crippen LogP contribution in [0.4, 0.5) is 5.69 Å². The van der Waals surface area contributed by atoms with E-state index in [1.807, 2.05) is 36.4 Å². The molecule has 2 aromatic carbocycles. The van der Waals surface area contributed by atoms with E-state index in [9.17, 15) is 13.8 Å². The van der Waals surface area contributed by atoms with Gasteiger partial charge in [0.2, 0.25) is 0 Å². The number of carbonyl (C=O) groups is 2. The molecule has 0 spiro atoms. The van der Waals surface area contributed by atoms with Crippen LogP contribution < -0.4 is 14.9 Å². The van der Waals surface area contributed by atoms with E-state index in [-0.39, 0.29) is 11.7 Å². The van der Waals surface area contributed by atoms with E-state index in [1.54, 1.807) is 30.6 Å². The van der Waals surface area contributed by atoms with E-state index < -0.39 is 11.0 Å². The molecule has 0 aromatic heterocycles. The number of anilines is 1. The normalized spacial score (nSPS) is 12.9. The number of allylic oxidation sites excluding steroid dienone is 1. The van der Waals surface area contributed by atoms with Crippen molar-refractivity contribution in [2.45, 2.75) is 39.5 Å². The number of amides is 1. The summed E-state index contributed by atoms with van der Waals surface area (Å²) in [7, 11) is 0.598. The van der Waals surface area contributed by atoms with Gasteiger partial charge < -0.3 is 10.6 Å². The minimum absolute atomic E-state index is 0.137. The van der Waals surface area contributed by atoms with Crippen molar-refractivity contribution in [3.05, 3.63) is 71.3 Å². The summed E-state index contributed by atoms with van der Waals surface area (Å²) in [4.78, 5) is 23.5. The Hall–Kier alpha value is -3.21. The van der Waals surface area contributed by atoms with Gasteiger partial charge in [0.05, 0.1) is 5.69 Å². The van der Waals surface area contributed by atoms with Crippen LogP contribution in [0.3, 0.4) is 0 Å². The fraction of sp³-hybridized carbons (Fsp3) is 0.400. The molecule has 37 heavy (non-hydrogen) atoms. The molecule has 1 atom stereocenters. The largest absolute Gasteiger partial charge is 0.352 e. The summed E-state index contributed by atoms with van der Waals surface area (Å²) < 4.78 is 13.5. The number of Topliss-reactive ketones (excluding diaryl/α,β-unsaturated/α-hetero) is 1. The Kier molecular flexibility index (Phi) is 15.6. The average molecular weight is 524 g/mol. The number of nitrogens with one attached hydrogen (secondary N) is 2. The molecule has 2 aromatic rings. The van der Waals surface area contributed by atoms with Crippen LogP contribution in [0.1, 0.15) is 54.1 Å². The molecule has 6 nitrogen and oxygen atoms in total. The number of ketones is 1. The number of carbonyl (C=O) groups excluding carboxylic acids is 2. The second kappa shape index (κ2) is 18.1. The van der Waals surface area contributed by atoms with Crippen molar-refractivity contribution < 1.29 is 13.8 Å². The first-order chi connectivity index (χ1) is 17.8. The number of aryl methyl sites for hydroxylation is 1. The van der Waals surface area contributed by atoms with Crippen LogP contribution in [-0.4, -0.2) is 48.8 Å². The van der Waals surface area contributed by atoms with E-state index in [2.05, 4.69) is 48.6 Å². The van der Waals surface area contributed by atoms with Crippen molar-refractivity contribution in [2.24, 2.45) is 5.92 Å². The quantitative estimate of drug-likeness (QED) is 0.310. The second-order valence-electron chi connectivity index (χ2n) is 8.90. The molecule has 200 valence electrons. The highest BCUT2D eigenvalue weighted by molar-refractivity contribution is 7.85. The topological polar surface area (TPSA) is 78.5 Å². The van der Waals surface area contributed by atoms with E-state index >= 15 is 0 Å². The summed E-state index contributed by atoms with van der Waals surface area (Å²) in [5.41, 5.74) is 3.59. The zero-order valence-electron chi connectivity index (χ0n) is 22.5. The van der Waals surface area contributed by atoms with Crippen molar-refractivity contribution in [2.75, 3.05) is 37.2 Å². The lowest BCUT2D eigenvalue weighted by atomic mass is 10.1. The Balaban J connectivity index is 0.000000645. The lowest BCUT2D eigenvalue weighted by Crippen LogP contribution is -2.28. The van der Waals surface area contributed by atoms with Crippen molar-refractivity contribution in [3.8, 4) is 12.8 Å². The molecule has 0 saturated heterocycles. The first kappa shape index (κ1) is 31.8. The fourth-order valence-corrected chi connectivity index (χ4v) is 3.57. The molecule has 1 saturated carbocycles. The molecular formula is C30H41N3O3S. The molecule has 0 aliphatic heterocycles.